The molecule has 0 amide bonds. The number of rotatable bonds is 3. The summed E-state index contributed by atoms with van der Waals surface area (Å²) in [6, 6.07) is 0. The maximum Gasteiger partial charge on any atom is 0.402 e. The minimum atomic E-state index is -4.60. The van der Waals surface area contributed by atoms with Crippen LogP contribution in [0.1, 0.15) is 5.69 Å². The number of halogens is 3. The summed E-state index contributed by atoms with van der Waals surface area (Å²) >= 11 is 0.621. The molecule has 0 unspecified atom stereocenters. The first-order chi connectivity index (χ1) is 7.12. The van der Waals surface area contributed by atoms with Gasteiger partial charge in [0.15, 0.2) is 9.34 Å². The first kappa shape index (κ1) is 13.2. The van der Waals surface area contributed by atoms with Gasteiger partial charge in [0.1, 0.15) is 6.54 Å². The Morgan fingerprint density at radius 2 is 2.06 bits per heavy atom. The van der Waals surface area contributed by atoms with Gasteiger partial charge in [-0.1, -0.05) is 11.3 Å². The Bertz CT molecular complexity index is 480. The first-order valence-electron chi connectivity index (χ1n) is 3.91. The van der Waals surface area contributed by atoms with Crippen LogP contribution in [0.3, 0.4) is 0 Å². The van der Waals surface area contributed by atoms with E-state index >= 15 is 0 Å². The van der Waals surface area contributed by atoms with Crippen LogP contribution in [0.15, 0.2) is 4.21 Å². The third-order valence-corrected chi connectivity index (χ3v) is 4.47. The van der Waals surface area contributed by atoms with Crippen molar-refractivity contribution in [2.45, 2.75) is 17.3 Å². The monoisotopic (exact) mass is 275 g/mol. The molecule has 0 aliphatic rings. The minimum Gasteiger partial charge on any atom is -0.375 e. The first-order valence-corrected chi connectivity index (χ1v) is 6.21. The maximum atomic E-state index is 11.8. The lowest BCUT2D eigenvalue weighted by Crippen LogP contribution is -2.33. The Balaban J connectivity index is 2.91. The van der Waals surface area contributed by atoms with E-state index in [2.05, 4.69) is 4.98 Å². The van der Waals surface area contributed by atoms with Crippen molar-refractivity contribution >= 4 is 26.5 Å². The molecule has 1 heterocycles. The normalized spacial score (nSPS) is 13.0. The van der Waals surface area contributed by atoms with Crippen molar-refractivity contribution in [2.24, 2.45) is 0 Å². The average molecular weight is 275 g/mol. The summed E-state index contributed by atoms with van der Waals surface area (Å²) in [7, 11) is -4.20. The summed E-state index contributed by atoms with van der Waals surface area (Å²) in [5.74, 6) is 0. The van der Waals surface area contributed by atoms with Crippen LogP contribution in [0.25, 0.3) is 0 Å². The van der Waals surface area contributed by atoms with Crippen LogP contribution >= 0.6 is 11.3 Å². The number of nitrogen functional groups attached to an aromatic ring is 1. The molecule has 0 radical (unpaired) electrons. The summed E-state index contributed by atoms with van der Waals surface area (Å²) < 4.78 is 59.5. The van der Waals surface area contributed by atoms with E-state index in [1.54, 1.807) is 0 Å². The van der Waals surface area contributed by atoms with E-state index in [9.17, 15) is 21.6 Å². The number of nitrogens with one attached hydrogen (secondary N) is 1. The largest absolute Gasteiger partial charge is 0.402 e. The smallest absolute Gasteiger partial charge is 0.375 e. The quantitative estimate of drug-likeness (QED) is 0.857. The van der Waals surface area contributed by atoms with E-state index < -0.39 is 22.7 Å². The topological polar surface area (TPSA) is 85.1 Å². The van der Waals surface area contributed by atoms with Crippen LogP contribution in [-0.2, 0) is 10.0 Å². The van der Waals surface area contributed by atoms with Crippen molar-refractivity contribution in [1.82, 2.24) is 9.71 Å². The summed E-state index contributed by atoms with van der Waals surface area (Å²) in [4.78, 5) is 3.62. The highest BCUT2D eigenvalue weighted by Gasteiger charge is 2.31. The summed E-state index contributed by atoms with van der Waals surface area (Å²) in [6.45, 7) is -0.262. The molecule has 92 valence electrons. The minimum absolute atomic E-state index is 0.00937. The number of thiazole rings is 1. The van der Waals surface area contributed by atoms with Crippen LogP contribution in [0, 0.1) is 6.92 Å². The van der Waals surface area contributed by atoms with E-state index in [0.717, 1.165) is 0 Å². The van der Waals surface area contributed by atoms with Gasteiger partial charge in [0.05, 0.1) is 5.69 Å². The predicted octanol–water partition coefficient (Wildman–Crippen LogP) is 0.874. The second-order valence-electron chi connectivity index (χ2n) is 2.86. The van der Waals surface area contributed by atoms with Crippen molar-refractivity contribution in [3.05, 3.63) is 5.69 Å². The van der Waals surface area contributed by atoms with Gasteiger partial charge in [0, 0.05) is 0 Å². The van der Waals surface area contributed by atoms with Gasteiger partial charge in [0.25, 0.3) is 10.0 Å². The standard InChI is InChI=1S/C6H8F3N3O2S2/c1-3-4(15-5(10)12-3)16(13,14)11-2-6(7,8)9/h11H,2H2,1H3,(H2,10,12). The van der Waals surface area contributed by atoms with E-state index in [0.29, 0.717) is 11.3 Å². The van der Waals surface area contributed by atoms with Gasteiger partial charge in [-0.05, 0) is 6.92 Å². The lowest BCUT2D eigenvalue weighted by Gasteiger charge is -2.07. The third-order valence-electron chi connectivity index (χ3n) is 1.48. The van der Waals surface area contributed by atoms with Gasteiger partial charge in [-0.15, -0.1) is 0 Å². The van der Waals surface area contributed by atoms with Crippen LogP contribution in [0.5, 0.6) is 0 Å². The molecule has 0 fully saturated rings. The van der Waals surface area contributed by atoms with E-state index in [1.165, 1.54) is 11.6 Å². The SMILES string of the molecule is Cc1nc(N)sc1S(=O)(=O)NCC(F)(F)F. The van der Waals surface area contributed by atoms with Crippen LogP contribution in [-0.4, -0.2) is 26.1 Å². The zero-order chi connectivity index (χ0) is 12.6. The molecule has 3 N–H and O–H groups in total. The molecule has 1 rings (SSSR count). The molecule has 10 heteroatoms. The summed E-state index contributed by atoms with van der Waals surface area (Å²) in [5.41, 5.74) is 5.33. The fraction of sp³-hybridized carbons (Fsp3) is 0.500. The fourth-order valence-corrected chi connectivity index (χ4v) is 3.25. The van der Waals surface area contributed by atoms with E-state index in [1.807, 2.05) is 0 Å². The lowest BCUT2D eigenvalue weighted by atomic mass is 10.6. The Kier molecular flexibility index (Phi) is 3.45. The molecule has 1 aromatic heterocycles. The van der Waals surface area contributed by atoms with Gasteiger partial charge in [-0.25, -0.2) is 18.1 Å². The molecule has 16 heavy (non-hydrogen) atoms. The summed E-state index contributed by atoms with van der Waals surface area (Å²) in [6.07, 6.45) is -4.60. The molecule has 0 atom stereocenters. The van der Waals surface area contributed by atoms with Gasteiger partial charge in [-0.3, -0.25) is 0 Å². The average Bonchev–Trinajstić information content (AvgIpc) is 2.42. The second kappa shape index (κ2) is 4.18. The number of aromatic nitrogens is 1. The molecule has 0 aliphatic heterocycles. The highest BCUT2D eigenvalue weighted by molar-refractivity contribution is 7.91. The number of hydrogen-bond donors (Lipinski definition) is 2. The predicted molar refractivity (Wildman–Crippen MR) is 52.5 cm³/mol. The lowest BCUT2D eigenvalue weighted by molar-refractivity contribution is -0.121. The molecule has 0 bridgehead atoms. The number of alkyl halides is 3. The van der Waals surface area contributed by atoms with Crippen LogP contribution in [0.4, 0.5) is 18.3 Å². The van der Waals surface area contributed by atoms with Gasteiger partial charge in [-0.2, -0.15) is 13.2 Å². The number of nitrogens with zero attached hydrogens (tertiary/aromatic N) is 1. The van der Waals surface area contributed by atoms with Crippen LogP contribution < -0.4 is 10.5 Å². The van der Waals surface area contributed by atoms with E-state index in [4.69, 9.17) is 5.73 Å². The van der Waals surface area contributed by atoms with E-state index in [-0.39, 0.29) is 15.0 Å². The number of sulfonamides is 1. The Labute approximate surface area is 93.5 Å². The van der Waals surface area contributed by atoms with Crippen LogP contribution in [0.2, 0.25) is 0 Å². The maximum absolute atomic E-state index is 11.8. The van der Waals surface area contributed by atoms with Crippen molar-refractivity contribution in [3.8, 4) is 0 Å². The number of anilines is 1. The van der Waals surface area contributed by atoms with Crippen molar-refractivity contribution in [2.75, 3.05) is 12.3 Å². The third kappa shape index (κ3) is 3.32. The highest BCUT2D eigenvalue weighted by atomic mass is 32.2. The van der Waals surface area contributed by atoms with Gasteiger partial charge < -0.3 is 5.73 Å². The van der Waals surface area contributed by atoms with Crippen molar-refractivity contribution in [1.29, 1.82) is 0 Å². The van der Waals surface area contributed by atoms with Crippen molar-refractivity contribution < 1.29 is 21.6 Å². The summed E-state index contributed by atoms with van der Waals surface area (Å²) in [5, 5.41) is -0.00937. The Morgan fingerprint density at radius 1 is 1.50 bits per heavy atom. The highest BCUT2D eigenvalue weighted by Crippen LogP contribution is 2.25. The molecule has 0 saturated heterocycles. The zero-order valence-corrected chi connectivity index (χ0v) is 9.63. The molecule has 0 aromatic carbocycles. The van der Waals surface area contributed by atoms with Gasteiger partial charge in [0.2, 0.25) is 0 Å². The molecule has 0 spiro atoms. The number of hydrogen-bond acceptors (Lipinski definition) is 5. The Morgan fingerprint density at radius 3 is 2.44 bits per heavy atom. The number of nitrogens with two attached hydrogens (primary N) is 1. The zero-order valence-electron chi connectivity index (χ0n) is 8.00. The second-order valence-corrected chi connectivity index (χ2v) is 5.86. The van der Waals surface area contributed by atoms with Gasteiger partial charge >= 0.3 is 6.18 Å². The molecule has 0 saturated carbocycles. The molecule has 5 nitrogen and oxygen atoms in total. The fourth-order valence-electron chi connectivity index (χ4n) is 0.894. The number of aryl methyl sites for hydroxylation is 1. The van der Waals surface area contributed by atoms with Crippen molar-refractivity contribution in [3.63, 3.8) is 0 Å². The molecular weight excluding hydrogens is 267 g/mol. The molecular formula is C6H8F3N3O2S2. The Hall–Kier alpha value is -0.870. The molecule has 0 aliphatic carbocycles. The molecule has 1 aromatic rings.